The van der Waals surface area contributed by atoms with Crippen LogP contribution in [0.4, 0.5) is 0 Å². The van der Waals surface area contributed by atoms with Crippen LogP contribution in [0, 0.1) is 12.3 Å². The third-order valence-electron chi connectivity index (χ3n) is 4.35. The molecule has 0 bridgehead atoms. The van der Waals surface area contributed by atoms with Gasteiger partial charge < -0.3 is 11.1 Å². The molecule has 1 aromatic rings. The molecular formula is C16H23BrN2O. The minimum atomic E-state index is -0.275. The molecule has 0 saturated heterocycles. The molecule has 3 N–H and O–H groups in total. The summed E-state index contributed by atoms with van der Waals surface area (Å²) in [5.74, 6) is 0.112. The smallest absolute Gasteiger partial charge is 0.227 e. The Balaban J connectivity index is 2.07. The van der Waals surface area contributed by atoms with Crippen molar-refractivity contribution in [2.45, 2.75) is 39.0 Å². The van der Waals surface area contributed by atoms with Crippen molar-refractivity contribution >= 4 is 21.8 Å². The molecule has 1 fully saturated rings. The highest BCUT2D eigenvalue weighted by atomic mass is 79.9. The second-order valence-electron chi connectivity index (χ2n) is 6.51. The molecule has 2 rings (SSSR count). The van der Waals surface area contributed by atoms with Crippen molar-refractivity contribution in [1.29, 1.82) is 0 Å². The van der Waals surface area contributed by atoms with Crippen LogP contribution in [0.5, 0.6) is 0 Å². The van der Waals surface area contributed by atoms with E-state index in [0.29, 0.717) is 13.1 Å². The lowest BCUT2D eigenvalue weighted by molar-refractivity contribution is -0.126. The van der Waals surface area contributed by atoms with Crippen LogP contribution in [-0.4, -0.2) is 19.0 Å². The SMILES string of the molecule is Cc1ccc(Br)cc1C(C)(C)CNC(=O)C1(CN)CC1. The average molecular weight is 339 g/mol. The Labute approximate surface area is 129 Å². The van der Waals surface area contributed by atoms with Crippen molar-refractivity contribution in [3.8, 4) is 0 Å². The highest BCUT2D eigenvalue weighted by molar-refractivity contribution is 9.10. The van der Waals surface area contributed by atoms with Crippen LogP contribution in [0.1, 0.15) is 37.8 Å². The third kappa shape index (κ3) is 3.07. The fourth-order valence-corrected chi connectivity index (χ4v) is 2.94. The van der Waals surface area contributed by atoms with E-state index in [4.69, 9.17) is 5.73 Å². The Morgan fingerprint density at radius 3 is 2.65 bits per heavy atom. The Hall–Kier alpha value is -0.870. The molecule has 1 aliphatic carbocycles. The number of nitrogens with two attached hydrogens (primary N) is 1. The van der Waals surface area contributed by atoms with Crippen molar-refractivity contribution in [2.75, 3.05) is 13.1 Å². The zero-order chi connectivity index (χ0) is 15.0. The molecule has 0 aromatic heterocycles. The number of aryl methyl sites for hydroxylation is 1. The topological polar surface area (TPSA) is 55.1 Å². The van der Waals surface area contributed by atoms with Crippen LogP contribution in [0.3, 0.4) is 0 Å². The van der Waals surface area contributed by atoms with E-state index in [9.17, 15) is 4.79 Å². The van der Waals surface area contributed by atoms with Crippen molar-refractivity contribution in [3.63, 3.8) is 0 Å². The summed E-state index contributed by atoms with van der Waals surface area (Å²) >= 11 is 3.52. The van der Waals surface area contributed by atoms with Crippen LogP contribution in [-0.2, 0) is 10.2 Å². The molecule has 3 nitrogen and oxygen atoms in total. The maximum absolute atomic E-state index is 12.2. The summed E-state index contributed by atoms with van der Waals surface area (Å²) in [6, 6.07) is 6.28. The monoisotopic (exact) mass is 338 g/mol. The maximum atomic E-state index is 12.2. The van der Waals surface area contributed by atoms with Gasteiger partial charge in [-0.05, 0) is 43.0 Å². The van der Waals surface area contributed by atoms with Gasteiger partial charge in [0.2, 0.25) is 5.91 Å². The van der Waals surface area contributed by atoms with Gasteiger partial charge in [0.05, 0.1) is 5.41 Å². The zero-order valence-corrected chi connectivity index (χ0v) is 14.0. The minimum absolute atomic E-state index is 0.103. The first-order chi connectivity index (χ1) is 9.31. The molecule has 0 radical (unpaired) electrons. The van der Waals surface area contributed by atoms with E-state index in [2.05, 4.69) is 54.2 Å². The van der Waals surface area contributed by atoms with E-state index < -0.39 is 0 Å². The summed E-state index contributed by atoms with van der Waals surface area (Å²) in [6.45, 7) is 7.50. The lowest BCUT2D eigenvalue weighted by Crippen LogP contribution is -2.42. The number of hydrogen-bond donors (Lipinski definition) is 2. The van der Waals surface area contributed by atoms with Gasteiger partial charge in [-0.1, -0.05) is 35.8 Å². The van der Waals surface area contributed by atoms with E-state index >= 15 is 0 Å². The van der Waals surface area contributed by atoms with Crippen LogP contribution in [0.25, 0.3) is 0 Å². The van der Waals surface area contributed by atoms with Gasteiger partial charge in [0.1, 0.15) is 0 Å². The summed E-state index contributed by atoms with van der Waals surface area (Å²) in [4.78, 5) is 12.2. The quantitative estimate of drug-likeness (QED) is 0.867. The van der Waals surface area contributed by atoms with Crippen molar-refractivity contribution in [1.82, 2.24) is 5.32 Å². The highest BCUT2D eigenvalue weighted by Crippen LogP contribution is 2.44. The highest BCUT2D eigenvalue weighted by Gasteiger charge is 2.48. The summed E-state index contributed by atoms with van der Waals surface area (Å²) < 4.78 is 1.07. The minimum Gasteiger partial charge on any atom is -0.355 e. The number of nitrogens with one attached hydrogen (secondary N) is 1. The van der Waals surface area contributed by atoms with Crippen LogP contribution in [0.2, 0.25) is 0 Å². The summed E-state index contributed by atoms with van der Waals surface area (Å²) in [6.07, 6.45) is 1.84. The number of rotatable bonds is 5. The molecule has 0 unspecified atom stereocenters. The predicted octanol–water partition coefficient (Wildman–Crippen LogP) is 2.89. The molecule has 0 heterocycles. The number of benzene rings is 1. The van der Waals surface area contributed by atoms with E-state index in [0.717, 1.165) is 17.3 Å². The summed E-state index contributed by atoms with van der Waals surface area (Å²) in [5.41, 5.74) is 7.82. The first kappa shape index (κ1) is 15.5. The number of hydrogen-bond acceptors (Lipinski definition) is 2. The van der Waals surface area contributed by atoms with E-state index in [-0.39, 0.29) is 16.7 Å². The fourth-order valence-electron chi connectivity index (χ4n) is 2.58. The number of amides is 1. The molecule has 1 saturated carbocycles. The molecular weight excluding hydrogens is 316 g/mol. The lowest BCUT2D eigenvalue weighted by atomic mass is 9.82. The van der Waals surface area contributed by atoms with Crippen molar-refractivity contribution in [2.24, 2.45) is 11.1 Å². The Bertz CT molecular complexity index is 521. The third-order valence-corrected chi connectivity index (χ3v) is 4.84. The average Bonchev–Trinajstić information content (AvgIpc) is 3.20. The van der Waals surface area contributed by atoms with Gasteiger partial charge in [0.15, 0.2) is 0 Å². The van der Waals surface area contributed by atoms with Gasteiger partial charge in [0, 0.05) is 23.0 Å². The first-order valence-corrected chi connectivity index (χ1v) is 7.85. The first-order valence-electron chi connectivity index (χ1n) is 7.06. The number of carbonyl (C=O) groups excluding carboxylic acids is 1. The van der Waals surface area contributed by atoms with Crippen molar-refractivity contribution in [3.05, 3.63) is 33.8 Å². The van der Waals surface area contributed by atoms with Crippen LogP contribution < -0.4 is 11.1 Å². The second kappa shape index (κ2) is 5.49. The van der Waals surface area contributed by atoms with E-state index in [1.807, 2.05) is 6.07 Å². The van der Waals surface area contributed by atoms with Gasteiger partial charge in [-0.25, -0.2) is 0 Å². The molecule has 110 valence electrons. The Kier molecular flexibility index (Phi) is 4.26. The Morgan fingerprint density at radius 2 is 2.10 bits per heavy atom. The van der Waals surface area contributed by atoms with Gasteiger partial charge in [-0.2, -0.15) is 0 Å². The van der Waals surface area contributed by atoms with Gasteiger partial charge in [0.25, 0.3) is 0 Å². The molecule has 0 aliphatic heterocycles. The largest absolute Gasteiger partial charge is 0.355 e. The molecule has 20 heavy (non-hydrogen) atoms. The standard InChI is InChI=1S/C16H23BrN2O/c1-11-4-5-12(17)8-13(11)15(2,3)10-19-14(20)16(9-18)6-7-16/h4-5,8H,6-7,9-10,18H2,1-3H3,(H,19,20). The molecule has 1 aromatic carbocycles. The maximum Gasteiger partial charge on any atom is 0.227 e. The lowest BCUT2D eigenvalue weighted by Gasteiger charge is -2.28. The summed E-state index contributed by atoms with van der Waals surface area (Å²) in [7, 11) is 0. The second-order valence-corrected chi connectivity index (χ2v) is 7.43. The number of halogens is 1. The molecule has 1 amide bonds. The molecule has 4 heteroatoms. The van der Waals surface area contributed by atoms with E-state index in [1.165, 1.54) is 11.1 Å². The number of carbonyl (C=O) groups is 1. The van der Waals surface area contributed by atoms with Gasteiger partial charge in [-0.3, -0.25) is 4.79 Å². The Morgan fingerprint density at radius 1 is 1.45 bits per heavy atom. The summed E-state index contributed by atoms with van der Waals surface area (Å²) in [5, 5.41) is 3.09. The van der Waals surface area contributed by atoms with Crippen LogP contribution >= 0.6 is 15.9 Å². The molecule has 1 aliphatic rings. The van der Waals surface area contributed by atoms with Crippen molar-refractivity contribution < 1.29 is 4.79 Å². The van der Waals surface area contributed by atoms with Gasteiger partial charge in [-0.15, -0.1) is 0 Å². The normalized spacial score (nSPS) is 16.9. The van der Waals surface area contributed by atoms with Gasteiger partial charge >= 0.3 is 0 Å². The fraction of sp³-hybridized carbons (Fsp3) is 0.562. The van der Waals surface area contributed by atoms with E-state index in [1.54, 1.807) is 0 Å². The predicted molar refractivity (Wildman–Crippen MR) is 85.6 cm³/mol. The molecule has 0 atom stereocenters. The molecule has 0 spiro atoms. The van der Waals surface area contributed by atoms with Crippen LogP contribution in [0.15, 0.2) is 22.7 Å². The zero-order valence-electron chi connectivity index (χ0n) is 12.4.